The maximum absolute atomic E-state index is 12.0. The molecule has 25 heavy (non-hydrogen) atoms. The van der Waals surface area contributed by atoms with Crippen molar-refractivity contribution in [1.82, 2.24) is 15.5 Å². The van der Waals surface area contributed by atoms with Gasteiger partial charge in [0.15, 0.2) is 17.3 Å². The number of hydrogen-bond donors (Lipinski definition) is 2. The highest BCUT2D eigenvalue weighted by molar-refractivity contribution is 5.89. The first kappa shape index (κ1) is 17.0. The van der Waals surface area contributed by atoms with Crippen LogP contribution in [0.15, 0.2) is 22.7 Å². The molecule has 0 aliphatic carbocycles. The number of ether oxygens (including phenoxy) is 3. The van der Waals surface area contributed by atoms with E-state index in [1.165, 1.54) is 7.11 Å². The number of anilines is 1. The molecule has 1 aliphatic heterocycles. The molecular weight excluding hydrogens is 328 g/mol. The van der Waals surface area contributed by atoms with Crippen LogP contribution in [0.1, 0.15) is 30.7 Å². The van der Waals surface area contributed by atoms with Crippen molar-refractivity contribution in [2.24, 2.45) is 0 Å². The van der Waals surface area contributed by atoms with Crippen molar-refractivity contribution in [3.8, 4) is 11.5 Å². The summed E-state index contributed by atoms with van der Waals surface area (Å²) in [6, 6.07) is 4.70. The summed E-state index contributed by atoms with van der Waals surface area (Å²) < 4.78 is 21.0. The zero-order chi connectivity index (χ0) is 17.6. The molecule has 1 aromatic carbocycles. The van der Waals surface area contributed by atoms with Crippen LogP contribution in [0.25, 0.3) is 0 Å². The number of nitrogens with one attached hydrogen (secondary N) is 2. The molecule has 2 N–H and O–H groups in total. The van der Waals surface area contributed by atoms with Crippen LogP contribution in [0.4, 0.5) is 10.5 Å². The third-order valence-corrected chi connectivity index (χ3v) is 3.74. The van der Waals surface area contributed by atoms with Gasteiger partial charge in [0.2, 0.25) is 0 Å². The van der Waals surface area contributed by atoms with Gasteiger partial charge >= 0.3 is 6.03 Å². The largest absolute Gasteiger partial charge is 0.493 e. The lowest BCUT2D eigenvalue weighted by molar-refractivity contribution is 0.0835. The monoisotopic (exact) mass is 348 g/mol. The van der Waals surface area contributed by atoms with Gasteiger partial charge in [0.05, 0.1) is 20.8 Å². The summed E-state index contributed by atoms with van der Waals surface area (Å²) in [4.78, 5) is 16.2. The Balaban J connectivity index is 1.52. The molecule has 3 rings (SSSR count). The molecule has 0 radical (unpaired) electrons. The second kappa shape index (κ2) is 7.84. The second-order valence-corrected chi connectivity index (χ2v) is 5.43. The topological polar surface area (TPSA) is 108 Å². The van der Waals surface area contributed by atoms with Gasteiger partial charge in [-0.05, 0) is 25.0 Å². The van der Waals surface area contributed by atoms with Crippen LogP contribution in [0, 0.1) is 0 Å². The average Bonchev–Trinajstić information content (AvgIpc) is 3.31. The fourth-order valence-electron chi connectivity index (χ4n) is 2.49. The number of urea groups is 1. The van der Waals surface area contributed by atoms with Crippen LogP contribution in [0.5, 0.6) is 11.5 Å². The molecule has 1 saturated heterocycles. The summed E-state index contributed by atoms with van der Waals surface area (Å²) in [7, 11) is 3.08. The van der Waals surface area contributed by atoms with E-state index in [2.05, 4.69) is 20.8 Å². The number of amides is 2. The minimum absolute atomic E-state index is 0.137. The molecular formula is C16H20N4O5. The van der Waals surface area contributed by atoms with Crippen LogP contribution in [-0.4, -0.2) is 37.0 Å². The lowest BCUT2D eigenvalue weighted by atomic mass is 10.2. The quantitative estimate of drug-likeness (QED) is 0.824. The average molecular weight is 348 g/mol. The number of benzene rings is 1. The third kappa shape index (κ3) is 4.18. The molecule has 1 atom stereocenters. The first-order valence-electron chi connectivity index (χ1n) is 7.90. The van der Waals surface area contributed by atoms with E-state index in [1.807, 2.05) is 0 Å². The molecule has 1 aliphatic rings. The van der Waals surface area contributed by atoms with Crippen molar-refractivity contribution in [3.63, 3.8) is 0 Å². The summed E-state index contributed by atoms with van der Waals surface area (Å²) in [5.74, 6) is 1.96. The number of methoxy groups -OCH3 is 2. The molecule has 1 aromatic heterocycles. The summed E-state index contributed by atoms with van der Waals surface area (Å²) in [6.07, 6.45) is 1.71. The van der Waals surface area contributed by atoms with Crippen molar-refractivity contribution in [2.75, 3.05) is 26.1 Å². The van der Waals surface area contributed by atoms with Gasteiger partial charge in [0, 0.05) is 18.4 Å². The Labute approximate surface area is 144 Å². The highest BCUT2D eigenvalue weighted by atomic mass is 16.5. The summed E-state index contributed by atoms with van der Waals surface area (Å²) in [5, 5.41) is 9.22. The Morgan fingerprint density at radius 1 is 1.32 bits per heavy atom. The Morgan fingerprint density at radius 3 is 2.88 bits per heavy atom. The van der Waals surface area contributed by atoms with E-state index in [-0.39, 0.29) is 12.6 Å². The lowest BCUT2D eigenvalue weighted by Crippen LogP contribution is -2.28. The molecule has 9 nitrogen and oxygen atoms in total. The number of carbonyl (C=O) groups excluding carboxylic acids is 1. The van der Waals surface area contributed by atoms with Crippen molar-refractivity contribution >= 4 is 11.7 Å². The molecule has 1 unspecified atom stereocenters. The first-order valence-corrected chi connectivity index (χ1v) is 7.90. The normalized spacial score (nSPS) is 16.5. The Kier molecular flexibility index (Phi) is 5.34. The Morgan fingerprint density at radius 2 is 2.16 bits per heavy atom. The van der Waals surface area contributed by atoms with Crippen LogP contribution < -0.4 is 20.1 Å². The number of rotatable bonds is 6. The van der Waals surface area contributed by atoms with Crippen molar-refractivity contribution in [3.05, 3.63) is 29.9 Å². The number of nitrogens with zero attached hydrogens (tertiary/aromatic N) is 2. The molecule has 134 valence electrons. The van der Waals surface area contributed by atoms with E-state index in [4.69, 9.17) is 18.7 Å². The summed E-state index contributed by atoms with van der Waals surface area (Å²) >= 11 is 0. The van der Waals surface area contributed by atoms with Gasteiger partial charge < -0.3 is 29.4 Å². The van der Waals surface area contributed by atoms with Gasteiger partial charge in [-0.1, -0.05) is 5.16 Å². The zero-order valence-corrected chi connectivity index (χ0v) is 14.1. The maximum atomic E-state index is 12.0. The molecule has 2 aromatic rings. The fraction of sp³-hybridized carbons (Fsp3) is 0.438. The van der Waals surface area contributed by atoms with E-state index in [0.717, 1.165) is 12.8 Å². The predicted octanol–water partition coefficient (Wildman–Crippen LogP) is 2.26. The third-order valence-electron chi connectivity index (χ3n) is 3.74. The standard InChI is InChI=1S/C16H20N4O5/c1-22-11-6-5-10(8-13(11)23-2)18-16(21)17-9-14-19-15(25-20-14)12-4-3-7-24-12/h5-6,8,12H,3-4,7,9H2,1-2H3,(H2,17,18,21). The minimum Gasteiger partial charge on any atom is -0.493 e. The number of hydrogen-bond acceptors (Lipinski definition) is 7. The fourth-order valence-corrected chi connectivity index (χ4v) is 2.49. The van der Waals surface area contributed by atoms with E-state index in [9.17, 15) is 4.79 Å². The first-order chi connectivity index (χ1) is 12.2. The van der Waals surface area contributed by atoms with Crippen LogP contribution in [-0.2, 0) is 11.3 Å². The van der Waals surface area contributed by atoms with E-state index in [1.54, 1.807) is 25.3 Å². The van der Waals surface area contributed by atoms with Crippen LogP contribution in [0.2, 0.25) is 0 Å². The molecule has 0 bridgehead atoms. The summed E-state index contributed by atoms with van der Waals surface area (Å²) in [6.45, 7) is 0.851. The predicted molar refractivity (Wildman–Crippen MR) is 87.6 cm³/mol. The van der Waals surface area contributed by atoms with Gasteiger partial charge in [-0.15, -0.1) is 0 Å². The molecule has 2 amide bonds. The molecule has 9 heteroatoms. The van der Waals surface area contributed by atoms with Gasteiger partial charge in [0.1, 0.15) is 6.10 Å². The molecule has 0 saturated carbocycles. The van der Waals surface area contributed by atoms with Gasteiger partial charge in [-0.3, -0.25) is 0 Å². The SMILES string of the molecule is COc1ccc(NC(=O)NCc2noc(C3CCCO3)n2)cc1OC. The maximum Gasteiger partial charge on any atom is 0.319 e. The Bertz CT molecular complexity index is 727. The van der Waals surface area contributed by atoms with Crippen molar-refractivity contribution in [1.29, 1.82) is 0 Å². The van der Waals surface area contributed by atoms with Gasteiger partial charge in [-0.25, -0.2) is 4.79 Å². The second-order valence-electron chi connectivity index (χ2n) is 5.43. The van der Waals surface area contributed by atoms with Crippen LogP contribution in [0.3, 0.4) is 0 Å². The zero-order valence-electron chi connectivity index (χ0n) is 14.1. The van der Waals surface area contributed by atoms with Gasteiger partial charge in [0.25, 0.3) is 5.89 Å². The molecule has 2 heterocycles. The van der Waals surface area contributed by atoms with E-state index in [0.29, 0.717) is 35.5 Å². The Hall–Kier alpha value is -2.81. The van der Waals surface area contributed by atoms with Gasteiger partial charge in [-0.2, -0.15) is 4.98 Å². The summed E-state index contributed by atoms with van der Waals surface area (Å²) in [5.41, 5.74) is 0.573. The highest BCUT2D eigenvalue weighted by Gasteiger charge is 2.23. The van der Waals surface area contributed by atoms with E-state index < -0.39 is 6.03 Å². The number of aromatic nitrogens is 2. The lowest BCUT2D eigenvalue weighted by Gasteiger charge is -2.10. The molecule has 1 fully saturated rings. The number of carbonyl (C=O) groups is 1. The highest BCUT2D eigenvalue weighted by Crippen LogP contribution is 2.29. The van der Waals surface area contributed by atoms with Crippen molar-refractivity contribution in [2.45, 2.75) is 25.5 Å². The van der Waals surface area contributed by atoms with Crippen LogP contribution >= 0.6 is 0 Å². The van der Waals surface area contributed by atoms with E-state index >= 15 is 0 Å². The molecule has 0 spiro atoms. The minimum atomic E-state index is -0.393. The smallest absolute Gasteiger partial charge is 0.319 e. The van der Waals surface area contributed by atoms with Crippen molar-refractivity contribution < 1.29 is 23.5 Å².